The Morgan fingerprint density at radius 1 is 1.40 bits per heavy atom. The van der Waals surface area contributed by atoms with Crippen LogP contribution in [0.3, 0.4) is 0 Å². The van der Waals surface area contributed by atoms with Crippen LogP contribution < -0.4 is 0 Å². The molecular formula is C13H16F3NO3. The van der Waals surface area contributed by atoms with Gasteiger partial charge in [0.2, 0.25) is 0 Å². The fourth-order valence-electron chi connectivity index (χ4n) is 2.32. The lowest BCUT2D eigenvalue weighted by Gasteiger charge is -2.37. The largest absolute Gasteiger partial charge is 0.572 e. The molecule has 2 rings (SSSR count). The Morgan fingerprint density at radius 2 is 2.10 bits per heavy atom. The van der Waals surface area contributed by atoms with E-state index in [0.29, 0.717) is 12.0 Å². The number of carbonyl (C=O) groups is 1. The van der Waals surface area contributed by atoms with E-state index >= 15 is 0 Å². The van der Waals surface area contributed by atoms with E-state index in [1.807, 2.05) is 4.90 Å². The first-order valence-electron chi connectivity index (χ1n) is 6.39. The summed E-state index contributed by atoms with van der Waals surface area (Å²) in [7, 11) is 1.27. The summed E-state index contributed by atoms with van der Waals surface area (Å²) in [6.45, 7) is 1.47. The van der Waals surface area contributed by atoms with Crippen molar-refractivity contribution in [2.24, 2.45) is 0 Å². The van der Waals surface area contributed by atoms with E-state index in [2.05, 4.69) is 4.74 Å². The van der Waals surface area contributed by atoms with Crippen LogP contribution in [0, 0.1) is 0 Å². The molecule has 112 valence electrons. The van der Waals surface area contributed by atoms with Crippen LogP contribution in [0.25, 0.3) is 0 Å². The van der Waals surface area contributed by atoms with Gasteiger partial charge in [0.25, 0.3) is 0 Å². The second-order valence-electron chi connectivity index (χ2n) is 4.72. The van der Waals surface area contributed by atoms with E-state index in [4.69, 9.17) is 4.74 Å². The molecule has 1 atom stereocenters. The third-order valence-electron chi connectivity index (χ3n) is 3.34. The highest BCUT2D eigenvalue weighted by Gasteiger charge is 2.36. The van der Waals surface area contributed by atoms with Gasteiger partial charge in [-0.25, -0.2) is 4.79 Å². The molecule has 0 aromatic carbocycles. The van der Waals surface area contributed by atoms with Crippen molar-refractivity contribution in [3.63, 3.8) is 0 Å². The molecule has 0 saturated carbocycles. The Balaban J connectivity index is 2.16. The Kier molecular flexibility index (Phi) is 4.37. The van der Waals surface area contributed by atoms with Gasteiger partial charge in [-0.2, -0.15) is 0 Å². The molecule has 0 aromatic rings. The number of ether oxygens (including phenoxy) is 2. The van der Waals surface area contributed by atoms with Crippen LogP contribution >= 0.6 is 0 Å². The Morgan fingerprint density at radius 3 is 2.60 bits per heavy atom. The van der Waals surface area contributed by atoms with Gasteiger partial charge in [0.15, 0.2) is 0 Å². The quantitative estimate of drug-likeness (QED) is 0.745. The monoisotopic (exact) mass is 291 g/mol. The zero-order valence-electron chi connectivity index (χ0n) is 11.1. The molecule has 7 heteroatoms. The number of carbonyl (C=O) groups excluding carboxylic acids is 1. The number of methoxy groups -OCH3 is 1. The number of esters is 1. The second-order valence-corrected chi connectivity index (χ2v) is 4.72. The van der Waals surface area contributed by atoms with E-state index < -0.39 is 18.4 Å². The highest BCUT2D eigenvalue weighted by Crippen LogP contribution is 2.30. The maximum absolute atomic E-state index is 12.2. The van der Waals surface area contributed by atoms with Crippen molar-refractivity contribution in [1.82, 2.24) is 4.90 Å². The van der Waals surface area contributed by atoms with Crippen LogP contribution in [0.4, 0.5) is 13.2 Å². The first-order chi connectivity index (χ1) is 9.40. The molecule has 20 heavy (non-hydrogen) atoms. The number of alkyl halides is 3. The smallest absolute Gasteiger partial charge is 0.468 e. The van der Waals surface area contributed by atoms with Crippen molar-refractivity contribution < 1.29 is 27.4 Å². The first-order valence-corrected chi connectivity index (χ1v) is 6.39. The van der Waals surface area contributed by atoms with Crippen LogP contribution in [-0.2, 0) is 14.3 Å². The minimum atomic E-state index is -4.70. The molecule has 0 amide bonds. The number of allylic oxidation sites excluding steroid dienone is 2. The third kappa shape index (κ3) is 3.53. The van der Waals surface area contributed by atoms with Crippen LogP contribution in [0.5, 0.6) is 0 Å². The summed E-state index contributed by atoms with van der Waals surface area (Å²) in [4.78, 5) is 13.7. The van der Waals surface area contributed by atoms with Crippen LogP contribution in [0.1, 0.15) is 19.3 Å². The van der Waals surface area contributed by atoms with Gasteiger partial charge in [0, 0.05) is 19.5 Å². The number of hydrogen-bond donors (Lipinski definition) is 0. The van der Waals surface area contributed by atoms with Gasteiger partial charge in [-0.3, -0.25) is 4.90 Å². The molecular weight excluding hydrogens is 275 g/mol. The summed E-state index contributed by atoms with van der Waals surface area (Å²) >= 11 is 0. The lowest BCUT2D eigenvalue weighted by molar-refractivity contribution is -0.306. The van der Waals surface area contributed by atoms with Gasteiger partial charge in [-0.15, -0.1) is 13.2 Å². The molecule has 0 spiro atoms. The van der Waals surface area contributed by atoms with Crippen molar-refractivity contribution in [2.45, 2.75) is 31.7 Å². The lowest BCUT2D eigenvalue weighted by atomic mass is 9.95. The topological polar surface area (TPSA) is 38.8 Å². The number of rotatable bonds is 4. The maximum atomic E-state index is 12.2. The molecule has 1 heterocycles. The van der Waals surface area contributed by atoms with Crippen LogP contribution in [-0.4, -0.2) is 43.5 Å². The molecule has 0 radical (unpaired) electrons. The zero-order valence-corrected chi connectivity index (χ0v) is 11.1. The molecule has 1 unspecified atom stereocenters. The lowest BCUT2D eigenvalue weighted by Crippen LogP contribution is -2.50. The van der Waals surface area contributed by atoms with Crippen molar-refractivity contribution >= 4 is 5.97 Å². The molecule has 4 nitrogen and oxygen atoms in total. The van der Waals surface area contributed by atoms with E-state index in [9.17, 15) is 18.0 Å². The number of halogens is 3. The highest BCUT2D eigenvalue weighted by molar-refractivity contribution is 5.80. The minimum Gasteiger partial charge on any atom is -0.468 e. The molecule has 0 bridgehead atoms. The van der Waals surface area contributed by atoms with E-state index in [1.165, 1.54) is 13.2 Å². The van der Waals surface area contributed by atoms with Crippen LogP contribution in [0.2, 0.25) is 0 Å². The Labute approximate surface area is 114 Å². The van der Waals surface area contributed by atoms with Gasteiger partial charge in [-0.05, 0) is 24.5 Å². The van der Waals surface area contributed by atoms with Gasteiger partial charge < -0.3 is 9.47 Å². The standard InChI is InChI=1S/C13H16F3NO3/c1-19-12(18)11(17-6-3-7-17)9-4-2-5-10(8-9)20-13(14,15)16/h4,8,11H,2-3,5-7H2,1H3. The fourth-order valence-corrected chi connectivity index (χ4v) is 2.32. The summed E-state index contributed by atoms with van der Waals surface area (Å²) in [6, 6.07) is -0.638. The minimum absolute atomic E-state index is 0.163. The van der Waals surface area contributed by atoms with Crippen molar-refractivity contribution in [3.05, 3.63) is 23.5 Å². The molecule has 1 saturated heterocycles. The van der Waals surface area contributed by atoms with Gasteiger partial charge in [0.05, 0.1) is 7.11 Å². The van der Waals surface area contributed by atoms with Crippen LogP contribution in [0.15, 0.2) is 23.5 Å². The summed E-state index contributed by atoms with van der Waals surface area (Å²) in [6.07, 6.45) is -0.0717. The van der Waals surface area contributed by atoms with Gasteiger partial charge in [0.1, 0.15) is 11.8 Å². The zero-order chi connectivity index (χ0) is 14.8. The first kappa shape index (κ1) is 14.9. The fraction of sp³-hybridized carbons (Fsp3) is 0.615. The van der Waals surface area contributed by atoms with E-state index in [0.717, 1.165) is 19.5 Å². The summed E-state index contributed by atoms with van der Waals surface area (Å²) in [5.41, 5.74) is 0.516. The molecule has 2 aliphatic rings. The summed E-state index contributed by atoms with van der Waals surface area (Å²) in [5, 5.41) is 0. The molecule has 1 aliphatic carbocycles. The normalized spacial score (nSPS) is 21.4. The Hall–Kier alpha value is -1.50. The maximum Gasteiger partial charge on any atom is 0.572 e. The van der Waals surface area contributed by atoms with Gasteiger partial charge in [-0.1, -0.05) is 6.08 Å². The van der Waals surface area contributed by atoms with Gasteiger partial charge >= 0.3 is 12.3 Å². The average molecular weight is 291 g/mol. The molecule has 1 fully saturated rings. The SMILES string of the molecule is COC(=O)C(C1=CCCC(OC(F)(F)F)=C1)N1CCC1. The van der Waals surface area contributed by atoms with Crippen molar-refractivity contribution in [2.75, 3.05) is 20.2 Å². The van der Waals surface area contributed by atoms with E-state index in [1.54, 1.807) is 6.08 Å². The highest BCUT2D eigenvalue weighted by atomic mass is 19.4. The number of hydrogen-bond acceptors (Lipinski definition) is 4. The summed E-state index contributed by atoms with van der Waals surface area (Å²) in [5.74, 6) is -0.620. The molecule has 1 aliphatic heterocycles. The van der Waals surface area contributed by atoms with E-state index in [-0.39, 0.29) is 12.2 Å². The van der Waals surface area contributed by atoms with Crippen molar-refractivity contribution in [3.8, 4) is 0 Å². The number of nitrogens with zero attached hydrogens (tertiary/aromatic N) is 1. The second kappa shape index (κ2) is 5.87. The average Bonchev–Trinajstić information content (AvgIpc) is 2.30. The molecule has 0 N–H and O–H groups in total. The third-order valence-corrected chi connectivity index (χ3v) is 3.34. The summed E-state index contributed by atoms with van der Waals surface area (Å²) < 4.78 is 45.4. The predicted molar refractivity (Wildman–Crippen MR) is 64.5 cm³/mol. The molecule has 0 aromatic heterocycles. The number of likely N-dealkylation sites (tertiary alicyclic amines) is 1. The predicted octanol–water partition coefficient (Wildman–Crippen LogP) is 2.37. The van der Waals surface area contributed by atoms with Crippen molar-refractivity contribution in [1.29, 1.82) is 0 Å². The Bertz CT molecular complexity index is 439.